The lowest BCUT2D eigenvalue weighted by atomic mass is 9.79. The van der Waals surface area contributed by atoms with Crippen LogP contribution < -0.4 is 11.4 Å². The summed E-state index contributed by atoms with van der Waals surface area (Å²) in [6.07, 6.45) is 3.86. The Balaban J connectivity index is 2.91. The van der Waals surface area contributed by atoms with Gasteiger partial charge in [0.1, 0.15) is 0 Å². The minimum atomic E-state index is -1.05. The van der Waals surface area contributed by atoms with Gasteiger partial charge in [-0.3, -0.25) is 0 Å². The van der Waals surface area contributed by atoms with E-state index in [-0.39, 0.29) is 0 Å². The fourth-order valence-electron chi connectivity index (χ4n) is 1.09. The lowest BCUT2D eigenvalue weighted by molar-refractivity contribution is 0.281. The zero-order valence-corrected chi connectivity index (χ0v) is 7.47. The van der Waals surface area contributed by atoms with Gasteiger partial charge in [0.25, 0.3) is 0 Å². The molecule has 1 aromatic carbocycles. The molecular formula is C9H12BNO2. The third-order valence-corrected chi connectivity index (χ3v) is 1.68. The summed E-state index contributed by atoms with van der Waals surface area (Å²) in [5.41, 5.74) is 1.66. The van der Waals surface area contributed by atoms with E-state index in [9.17, 15) is 5.02 Å². The van der Waals surface area contributed by atoms with Crippen molar-refractivity contribution >= 4 is 18.7 Å². The molecule has 0 aliphatic carbocycles. The van der Waals surface area contributed by atoms with Crippen LogP contribution in [0.3, 0.4) is 0 Å². The topological polar surface area (TPSA) is 55.5 Å². The van der Waals surface area contributed by atoms with Crippen LogP contribution in [0.2, 0.25) is 0 Å². The minimum absolute atomic E-state index is 0.651. The largest absolute Gasteiger partial charge is 0.508 e. The normalized spacial score (nSPS) is 10.7. The van der Waals surface area contributed by atoms with Crippen molar-refractivity contribution in [3.05, 3.63) is 35.9 Å². The van der Waals surface area contributed by atoms with E-state index in [0.29, 0.717) is 5.46 Å². The Labute approximate surface area is 77.9 Å². The summed E-state index contributed by atoms with van der Waals surface area (Å²) in [4.78, 5) is 0. The van der Waals surface area contributed by atoms with Crippen LogP contribution in [0.4, 0.5) is 0 Å². The van der Waals surface area contributed by atoms with Gasteiger partial charge in [-0.05, 0) is 17.9 Å². The average molecular weight is 177 g/mol. The van der Waals surface area contributed by atoms with Crippen LogP contribution in [0.1, 0.15) is 12.5 Å². The molecule has 3 nitrogen and oxygen atoms in total. The molecule has 4 heteroatoms. The highest BCUT2D eigenvalue weighted by molar-refractivity contribution is 6.59. The molecule has 13 heavy (non-hydrogen) atoms. The molecule has 0 aromatic heterocycles. The number of rotatable bonds is 3. The van der Waals surface area contributed by atoms with Gasteiger partial charge in [0.2, 0.25) is 0 Å². The molecule has 3 N–H and O–H groups in total. The Morgan fingerprint density at radius 2 is 2.31 bits per heavy atom. The fraction of sp³-hybridized carbons (Fsp3) is 0.111. The number of allylic oxidation sites excluding steroid dienone is 1. The van der Waals surface area contributed by atoms with Gasteiger partial charge in [-0.25, -0.2) is 5.90 Å². The number of hydrogen-bond donors (Lipinski definition) is 2. The van der Waals surface area contributed by atoms with Crippen LogP contribution in [0.15, 0.2) is 30.3 Å². The summed E-state index contributed by atoms with van der Waals surface area (Å²) in [5.74, 6) is 4.86. The van der Waals surface area contributed by atoms with Gasteiger partial charge in [-0.15, -0.1) is 0 Å². The predicted molar refractivity (Wildman–Crippen MR) is 54.0 cm³/mol. The van der Waals surface area contributed by atoms with Crippen molar-refractivity contribution in [3.8, 4) is 0 Å². The first-order valence-electron chi connectivity index (χ1n) is 4.04. The molecule has 0 radical (unpaired) electrons. The molecule has 68 valence electrons. The van der Waals surface area contributed by atoms with E-state index in [0.717, 1.165) is 5.56 Å². The second kappa shape index (κ2) is 4.82. The quantitative estimate of drug-likeness (QED) is 0.515. The van der Waals surface area contributed by atoms with Crippen molar-refractivity contribution < 1.29 is 9.78 Å². The maximum Gasteiger partial charge on any atom is 0.508 e. The zero-order chi connectivity index (χ0) is 9.68. The highest BCUT2D eigenvalue weighted by atomic mass is 16.6. The van der Waals surface area contributed by atoms with Crippen molar-refractivity contribution in [2.45, 2.75) is 6.92 Å². The van der Waals surface area contributed by atoms with Crippen LogP contribution in [0.25, 0.3) is 6.08 Å². The Hall–Kier alpha value is -1.10. The van der Waals surface area contributed by atoms with Crippen LogP contribution in [-0.2, 0) is 4.76 Å². The number of hydrogen-bond acceptors (Lipinski definition) is 3. The molecule has 1 rings (SSSR count). The second-order valence-electron chi connectivity index (χ2n) is 2.66. The summed E-state index contributed by atoms with van der Waals surface area (Å²) >= 11 is 0. The highest BCUT2D eigenvalue weighted by Gasteiger charge is 2.14. The van der Waals surface area contributed by atoms with Crippen molar-refractivity contribution in [1.82, 2.24) is 0 Å². The second-order valence-corrected chi connectivity index (χ2v) is 2.66. The molecule has 0 heterocycles. The molecule has 0 fully saturated rings. The smallest absolute Gasteiger partial charge is 0.422 e. The van der Waals surface area contributed by atoms with E-state index in [2.05, 4.69) is 4.76 Å². The van der Waals surface area contributed by atoms with E-state index in [1.807, 2.05) is 37.3 Å². The van der Waals surface area contributed by atoms with Gasteiger partial charge in [0.15, 0.2) is 0 Å². The van der Waals surface area contributed by atoms with Crippen molar-refractivity contribution in [3.63, 3.8) is 0 Å². The van der Waals surface area contributed by atoms with Gasteiger partial charge >= 0.3 is 7.12 Å². The summed E-state index contributed by atoms with van der Waals surface area (Å²) in [5, 5.41) is 9.25. The van der Waals surface area contributed by atoms with Crippen LogP contribution >= 0.6 is 0 Å². The van der Waals surface area contributed by atoms with E-state index in [1.54, 1.807) is 6.07 Å². The summed E-state index contributed by atoms with van der Waals surface area (Å²) in [6.45, 7) is 1.93. The molecule has 0 amide bonds. The van der Waals surface area contributed by atoms with Gasteiger partial charge in [0, 0.05) is 0 Å². The third-order valence-electron chi connectivity index (χ3n) is 1.68. The number of nitrogens with two attached hydrogens (primary N) is 1. The van der Waals surface area contributed by atoms with Crippen molar-refractivity contribution in [1.29, 1.82) is 0 Å². The third kappa shape index (κ3) is 2.70. The Morgan fingerprint density at radius 3 is 2.92 bits per heavy atom. The molecule has 0 saturated carbocycles. The van der Waals surface area contributed by atoms with Crippen LogP contribution in [-0.4, -0.2) is 12.1 Å². The average Bonchev–Trinajstić information content (AvgIpc) is 2.18. The highest BCUT2D eigenvalue weighted by Crippen LogP contribution is 1.99. The molecular weight excluding hydrogens is 165 g/mol. The fourth-order valence-corrected chi connectivity index (χ4v) is 1.09. The maximum absolute atomic E-state index is 9.25. The Kier molecular flexibility index (Phi) is 3.70. The van der Waals surface area contributed by atoms with E-state index in [1.165, 1.54) is 0 Å². The molecule has 0 saturated heterocycles. The predicted octanol–water partition coefficient (Wildman–Crippen LogP) is 0.298. The summed E-state index contributed by atoms with van der Waals surface area (Å²) in [7, 11) is -1.05. The first-order valence-corrected chi connectivity index (χ1v) is 4.04. The molecule has 0 unspecified atom stereocenters. The molecule has 0 bridgehead atoms. The van der Waals surface area contributed by atoms with E-state index in [4.69, 9.17) is 5.90 Å². The summed E-state index contributed by atoms with van der Waals surface area (Å²) < 4.78 is 4.30. The van der Waals surface area contributed by atoms with Gasteiger partial charge in [-0.1, -0.05) is 36.4 Å². The van der Waals surface area contributed by atoms with Crippen molar-refractivity contribution in [2.75, 3.05) is 0 Å². The standard InChI is InChI=1S/C9H12BNO2/c1-2-4-8-5-3-6-9(7-8)10(12)13-11/h2-7,12H,11H2,1H3. The monoisotopic (exact) mass is 177 g/mol. The number of benzene rings is 1. The minimum Gasteiger partial charge on any atom is -0.422 e. The first-order chi connectivity index (χ1) is 6.27. The van der Waals surface area contributed by atoms with Crippen LogP contribution in [0, 0.1) is 0 Å². The Bertz CT molecular complexity index is 301. The van der Waals surface area contributed by atoms with Gasteiger partial charge in [0.05, 0.1) is 0 Å². The lowest BCUT2D eigenvalue weighted by Crippen LogP contribution is -2.36. The zero-order valence-electron chi connectivity index (χ0n) is 7.47. The molecule has 1 aromatic rings. The Morgan fingerprint density at radius 1 is 1.54 bits per heavy atom. The van der Waals surface area contributed by atoms with E-state index < -0.39 is 7.12 Å². The van der Waals surface area contributed by atoms with Crippen molar-refractivity contribution in [2.24, 2.45) is 5.90 Å². The lowest BCUT2D eigenvalue weighted by Gasteiger charge is -2.03. The van der Waals surface area contributed by atoms with Crippen LogP contribution in [0.5, 0.6) is 0 Å². The summed E-state index contributed by atoms with van der Waals surface area (Å²) in [6, 6.07) is 7.35. The molecule has 0 aliphatic rings. The molecule has 0 aliphatic heterocycles. The van der Waals surface area contributed by atoms with Gasteiger partial charge in [-0.2, -0.15) is 0 Å². The van der Waals surface area contributed by atoms with Gasteiger partial charge < -0.3 is 9.78 Å². The molecule has 0 spiro atoms. The molecule has 0 atom stereocenters. The first kappa shape index (κ1) is 9.99. The SMILES string of the molecule is CC=Cc1cccc(B(O)ON)c1. The maximum atomic E-state index is 9.25. The van der Waals surface area contributed by atoms with E-state index >= 15 is 0 Å².